The van der Waals surface area contributed by atoms with Gasteiger partial charge in [-0.1, -0.05) is 12.1 Å². The summed E-state index contributed by atoms with van der Waals surface area (Å²) in [6, 6.07) is 4.06. The zero-order chi connectivity index (χ0) is 19.9. The van der Waals surface area contributed by atoms with E-state index in [2.05, 4.69) is 42.4 Å². The molecule has 3 aromatic rings. The van der Waals surface area contributed by atoms with Gasteiger partial charge in [-0.2, -0.15) is 0 Å². The summed E-state index contributed by atoms with van der Waals surface area (Å²) in [7, 11) is 1.68. The van der Waals surface area contributed by atoms with E-state index in [4.69, 9.17) is 9.72 Å². The normalized spacial score (nSPS) is 12.0. The van der Waals surface area contributed by atoms with Crippen molar-refractivity contribution in [2.75, 3.05) is 7.11 Å². The highest BCUT2D eigenvalue weighted by atomic mass is 16.5. The summed E-state index contributed by atoms with van der Waals surface area (Å²) in [5.41, 5.74) is 7.58. The lowest BCUT2D eigenvalue weighted by Gasteiger charge is -2.16. The van der Waals surface area contributed by atoms with Gasteiger partial charge in [0.15, 0.2) is 0 Å². The van der Waals surface area contributed by atoms with E-state index in [9.17, 15) is 5.21 Å². The Bertz CT molecular complexity index is 1040. The second-order valence-electron chi connectivity index (χ2n) is 6.87. The molecule has 0 unspecified atom stereocenters. The van der Waals surface area contributed by atoms with E-state index in [1.807, 2.05) is 26.0 Å². The lowest BCUT2D eigenvalue weighted by Crippen LogP contribution is -2.08. The molecular formula is C21H26N4O2. The lowest BCUT2D eigenvalue weighted by atomic mass is 10.1. The van der Waals surface area contributed by atoms with Crippen molar-refractivity contribution in [3.8, 4) is 11.4 Å². The van der Waals surface area contributed by atoms with E-state index in [1.165, 1.54) is 0 Å². The second-order valence-corrected chi connectivity index (χ2v) is 6.87. The predicted octanol–water partition coefficient (Wildman–Crippen LogP) is 4.56. The zero-order valence-corrected chi connectivity index (χ0v) is 17.0. The summed E-state index contributed by atoms with van der Waals surface area (Å²) in [5.74, 6) is 1.49. The maximum absolute atomic E-state index is 9.47. The van der Waals surface area contributed by atoms with Crippen molar-refractivity contribution in [2.45, 2.75) is 48.0 Å². The third-order valence-electron chi connectivity index (χ3n) is 5.12. The Morgan fingerprint density at radius 2 is 1.74 bits per heavy atom. The van der Waals surface area contributed by atoms with Gasteiger partial charge in [0, 0.05) is 5.69 Å². The first-order chi connectivity index (χ1) is 12.8. The number of aryl methyl sites for hydroxylation is 4. The number of ether oxygens (including phenoxy) is 1. The van der Waals surface area contributed by atoms with Gasteiger partial charge >= 0.3 is 0 Å². The average Bonchev–Trinajstić information content (AvgIpc) is 2.87. The van der Waals surface area contributed by atoms with Crippen LogP contribution >= 0.6 is 0 Å². The number of rotatable bonds is 4. The summed E-state index contributed by atoms with van der Waals surface area (Å²) in [6.45, 7) is 12.1. The van der Waals surface area contributed by atoms with Gasteiger partial charge in [-0.05, 0) is 69.9 Å². The molecule has 0 fully saturated rings. The highest BCUT2D eigenvalue weighted by molar-refractivity contribution is 6.09. The first-order valence-electron chi connectivity index (χ1n) is 9.07. The quantitative estimate of drug-likeness (QED) is 0.417. The minimum atomic E-state index is 0.564. The Kier molecular flexibility index (Phi) is 4.91. The minimum absolute atomic E-state index is 0.564. The standard InChI is InChI=1S/C21H26N4O2/c1-8-17(24-26)19-18-13(4)14(5)25(21(18)23-15(6)22-19)20-11(2)9-16(27-7)10-12(20)3/h9-10,26H,8H2,1-7H3. The van der Waals surface area contributed by atoms with Crippen LogP contribution in [-0.4, -0.2) is 32.6 Å². The van der Waals surface area contributed by atoms with E-state index in [0.29, 0.717) is 23.7 Å². The molecule has 2 heterocycles. The molecule has 0 aliphatic rings. The number of oxime groups is 1. The van der Waals surface area contributed by atoms with Crippen LogP contribution < -0.4 is 4.74 Å². The Balaban J connectivity index is 2.46. The van der Waals surface area contributed by atoms with E-state index in [-0.39, 0.29) is 0 Å². The number of hydrogen-bond acceptors (Lipinski definition) is 5. The van der Waals surface area contributed by atoms with E-state index >= 15 is 0 Å². The van der Waals surface area contributed by atoms with E-state index in [0.717, 1.165) is 44.9 Å². The molecule has 0 spiro atoms. The van der Waals surface area contributed by atoms with E-state index in [1.54, 1.807) is 7.11 Å². The third-order valence-corrected chi connectivity index (χ3v) is 5.12. The van der Waals surface area contributed by atoms with Gasteiger partial charge < -0.3 is 9.94 Å². The third kappa shape index (κ3) is 2.95. The fourth-order valence-corrected chi connectivity index (χ4v) is 3.73. The number of nitrogens with zero attached hydrogens (tertiary/aromatic N) is 4. The fraction of sp³-hybridized carbons (Fsp3) is 0.381. The molecule has 6 heteroatoms. The van der Waals surface area contributed by atoms with Crippen LogP contribution in [0.1, 0.15) is 47.2 Å². The van der Waals surface area contributed by atoms with Gasteiger partial charge in [0.25, 0.3) is 0 Å². The molecule has 0 radical (unpaired) electrons. The SMILES string of the molecule is CCC(=NO)c1nc(C)nc2c1c(C)c(C)n2-c1c(C)cc(OC)cc1C. The summed E-state index contributed by atoms with van der Waals surface area (Å²) in [5, 5.41) is 13.9. The van der Waals surface area contributed by atoms with Crippen LogP contribution in [-0.2, 0) is 0 Å². The van der Waals surface area contributed by atoms with Crippen LogP contribution in [0.15, 0.2) is 17.3 Å². The van der Waals surface area contributed by atoms with Crippen LogP contribution in [0.3, 0.4) is 0 Å². The Morgan fingerprint density at radius 1 is 1.11 bits per heavy atom. The first kappa shape index (κ1) is 18.9. The number of aromatic nitrogens is 3. The molecule has 1 aromatic carbocycles. The van der Waals surface area contributed by atoms with Gasteiger partial charge in [-0.25, -0.2) is 9.97 Å². The summed E-state index contributed by atoms with van der Waals surface area (Å²) in [4.78, 5) is 9.34. The molecule has 6 nitrogen and oxygen atoms in total. The highest BCUT2D eigenvalue weighted by Gasteiger charge is 2.22. The maximum atomic E-state index is 9.47. The number of methoxy groups -OCH3 is 1. The van der Waals surface area contributed by atoms with Crippen molar-refractivity contribution >= 4 is 16.7 Å². The smallest absolute Gasteiger partial charge is 0.149 e. The molecule has 0 amide bonds. The van der Waals surface area contributed by atoms with Gasteiger partial charge in [-0.3, -0.25) is 4.57 Å². The molecule has 0 bridgehead atoms. The zero-order valence-electron chi connectivity index (χ0n) is 17.0. The topological polar surface area (TPSA) is 72.5 Å². The molecule has 1 N–H and O–H groups in total. The van der Waals surface area contributed by atoms with Crippen molar-refractivity contribution < 1.29 is 9.94 Å². The largest absolute Gasteiger partial charge is 0.497 e. The van der Waals surface area contributed by atoms with Crippen molar-refractivity contribution in [1.82, 2.24) is 14.5 Å². The average molecular weight is 366 g/mol. The molecule has 27 heavy (non-hydrogen) atoms. The van der Waals surface area contributed by atoms with Crippen LogP contribution in [0, 0.1) is 34.6 Å². The molecular weight excluding hydrogens is 340 g/mol. The van der Waals surface area contributed by atoms with E-state index < -0.39 is 0 Å². The highest BCUT2D eigenvalue weighted by Crippen LogP contribution is 2.34. The number of benzene rings is 1. The Hall–Kier alpha value is -2.89. The summed E-state index contributed by atoms with van der Waals surface area (Å²) in [6.07, 6.45) is 0.590. The molecule has 3 rings (SSSR count). The molecule has 0 saturated carbocycles. The van der Waals surface area contributed by atoms with Crippen molar-refractivity contribution in [1.29, 1.82) is 0 Å². The van der Waals surface area contributed by atoms with Crippen LogP contribution in [0.5, 0.6) is 5.75 Å². The number of fused-ring (bicyclic) bond motifs is 1. The molecule has 0 saturated heterocycles. The summed E-state index contributed by atoms with van der Waals surface area (Å²) < 4.78 is 7.59. The second kappa shape index (κ2) is 7.02. The summed E-state index contributed by atoms with van der Waals surface area (Å²) >= 11 is 0. The fourth-order valence-electron chi connectivity index (χ4n) is 3.73. The number of hydrogen-bond donors (Lipinski definition) is 1. The predicted molar refractivity (Wildman–Crippen MR) is 108 cm³/mol. The Labute approximate surface area is 159 Å². The minimum Gasteiger partial charge on any atom is -0.497 e. The maximum Gasteiger partial charge on any atom is 0.149 e. The van der Waals surface area contributed by atoms with Crippen molar-refractivity contribution in [2.24, 2.45) is 5.16 Å². The van der Waals surface area contributed by atoms with Crippen LogP contribution in [0.25, 0.3) is 16.7 Å². The molecule has 0 atom stereocenters. The monoisotopic (exact) mass is 366 g/mol. The first-order valence-corrected chi connectivity index (χ1v) is 9.07. The van der Waals surface area contributed by atoms with Crippen LogP contribution in [0.2, 0.25) is 0 Å². The molecule has 2 aromatic heterocycles. The van der Waals surface area contributed by atoms with Crippen molar-refractivity contribution in [3.63, 3.8) is 0 Å². The lowest BCUT2D eigenvalue weighted by molar-refractivity contribution is 0.318. The molecule has 0 aliphatic heterocycles. The molecule has 0 aliphatic carbocycles. The Morgan fingerprint density at radius 3 is 2.26 bits per heavy atom. The van der Waals surface area contributed by atoms with Gasteiger partial charge in [0.05, 0.1) is 18.2 Å². The van der Waals surface area contributed by atoms with Gasteiger partial charge in [-0.15, -0.1) is 0 Å². The van der Waals surface area contributed by atoms with Gasteiger partial charge in [0.2, 0.25) is 0 Å². The van der Waals surface area contributed by atoms with Gasteiger partial charge in [0.1, 0.15) is 28.6 Å². The van der Waals surface area contributed by atoms with Crippen molar-refractivity contribution in [3.05, 3.63) is 46.0 Å². The molecule has 142 valence electrons. The van der Waals surface area contributed by atoms with Crippen LogP contribution in [0.4, 0.5) is 0 Å².